The predicted molar refractivity (Wildman–Crippen MR) is 125 cm³/mol. The summed E-state index contributed by atoms with van der Waals surface area (Å²) in [5.41, 5.74) is 4.42. The van der Waals surface area contributed by atoms with Gasteiger partial charge in [-0.25, -0.2) is 8.42 Å². The van der Waals surface area contributed by atoms with Gasteiger partial charge in [0, 0.05) is 0 Å². The topological polar surface area (TPSA) is 66.5 Å². The van der Waals surface area contributed by atoms with Crippen LogP contribution in [0.15, 0.2) is 77.7 Å². The normalized spacial score (nSPS) is 12.3. The molecule has 0 saturated heterocycles. The van der Waals surface area contributed by atoms with Crippen LogP contribution in [0.3, 0.4) is 0 Å². The van der Waals surface area contributed by atoms with Gasteiger partial charge in [-0.1, -0.05) is 54.1 Å². The maximum Gasteiger partial charge on any atom is 0.264 e. The summed E-state index contributed by atoms with van der Waals surface area (Å²) in [5, 5.41) is 2.92. The Bertz CT molecular complexity index is 1140. The largest absolute Gasteiger partial charge is 0.348 e. The van der Waals surface area contributed by atoms with Crippen LogP contribution < -0.4 is 9.62 Å². The molecule has 0 aliphatic heterocycles. The van der Waals surface area contributed by atoms with Crippen LogP contribution in [0.1, 0.15) is 35.2 Å². The molecule has 0 saturated carbocycles. The summed E-state index contributed by atoms with van der Waals surface area (Å²) in [5.74, 6) is -0.369. The first-order valence-electron chi connectivity index (χ1n) is 10.2. The summed E-state index contributed by atoms with van der Waals surface area (Å²) in [7, 11) is -3.92. The molecule has 0 unspecified atom stereocenters. The van der Waals surface area contributed by atoms with Crippen LogP contribution in [0.25, 0.3) is 0 Å². The van der Waals surface area contributed by atoms with Crippen molar-refractivity contribution in [3.8, 4) is 0 Å². The number of amides is 1. The number of nitrogens with zero attached hydrogens (tertiary/aromatic N) is 1. The molecule has 0 aromatic heterocycles. The molecule has 1 atom stereocenters. The lowest BCUT2D eigenvalue weighted by molar-refractivity contribution is -0.120. The molecule has 0 fully saturated rings. The Morgan fingerprint density at radius 3 is 2.03 bits per heavy atom. The van der Waals surface area contributed by atoms with E-state index in [-0.39, 0.29) is 23.4 Å². The van der Waals surface area contributed by atoms with Crippen molar-refractivity contribution < 1.29 is 13.2 Å². The molecule has 5 nitrogen and oxygen atoms in total. The highest BCUT2D eigenvalue weighted by Gasteiger charge is 2.28. The molecule has 1 N–H and O–H groups in total. The molecule has 1 amide bonds. The molecule has 6 heteroatoms. The van der Waals surface area contributed by atoms with Crippen LogP contribution in [-0.2, 0) is 14.8 Å². The SMILES string of the molecule is Cc1ccc([C@H](C)NC(=O)CN(c2cc(C)cc(C)c2)S(=O)(=O)c2ccccc2)cc1. The number of nitrogens with one attached hydrogen (secondary N) is 1. The number of carbonyl (C=O) groups is 1. The van der Waals surface area contributed by atoms with E-state index in [0.29, 0.717) is 5.69 Å². The van der Waals surface area contributed by atoms with Gasteiger partial charge in [-0.3, -0.25) is 9.10 Å². The fraction of sp³-hybridized carbons (Fsp3) is 0.240. The quantitative estimate of drug-likeness (QED) is 0.585. The first-order valence-corrected chi connectivity index (χ1v) is 11.6. The van der Waals surface area contributed by atoms with Gasteiger partial charge < -0.3 is 5.32 Å². The Balaban J connectivity index is 1.91. The highest BCUT2D eigenvalue weighted by Crippen LogP contribution is 2.26. The van der Waals surface area contributed by atoms with E-state index in [4.69, 9.17) is 0 Å². The standard InChI is InChI=1S/C25H28N2O3S/c1-18-10-12-22(13-11-18)21(4)26-25(28)17-27(23-15-19(2)14-20(3)16-23)31(29,30)24-8-6-5-7-9-24/h5-16,21H,17H2,1-4H3,(H,26,28)/t21-/m0/s1. The Morgan fingerprint density at radius 2 is 1.45 bits per heavy atom. The van der Waals surface area contributed by atoms with Gasteiger partial charge in [0.15, 0.2) is 0 Å². The molecule has 3 rings (SSSR count). The molecular formula is C25H28N2O3S. The van der Waals surface area contributed by atoms with E-state index in [1.807, 2.05) is 58.0 Å². The minimum absolute atomic E-state index is 0.147. The van der Waals surface area contributed by atoms with E-state index in [9.17, 15) is 13.2 Å². The first-order chi connectivity index (χ1) is 14.7. The van der Waals surface area contributed by atoms with Crippen molar-refractivity contribution in [2.75, 3.05) is 10.8 Å². The number of rotatable bonds is 7. The van der Waals surface area contributed by atoms with Crippen LogP contribution in [0.4, 0.5) is 5.69 Å². The number of carbonyl (C=O) groups excluding carboxylic acids is 1. The predicted octanol–water partition coefficient (Wildman–Crippen LogP) is 4.68. The summed E-state index contributed by atoms with van der Waals surface area (Å²) in [6, 6.07) is 21.4. The van der Waals surface area contributed by atoms with Crippen LogP contribution in [0, 0.1) is 20.8 Å². The van der Waals surface area contributed by atoms with Crippen molar-refractivity contribution in [2.45, 2.75) is 38.6 Å². The van der Waals surface area contributed by atoms with E-state index in [1.165, 1.54) is 16.4 Å². The highest BCUT2D eigenvalue weighted by molar-refractivity contribution is 7.92. The molecule has 0 radical (unpaired) electrons. The van der Waals surface area contributed by atoms with Crippen LogP contribution in [0.2, 0.25) is 0 Å². The minimum Gasteiger partial charge on any atom is -0.348 e. The lowest BCUT2D eigenvalue weighted by Crippen LogP contribution is -2.41. The first kappa shape index (κ1) is 22.6. The van der Waals surface area contributed by atoms with Gasteiger partial charge >= 0.3 is 0 Å². The van der Waals surface area contributed by atoms with Crippen molar-refractivity contribution in [3.05, 3.63) is 95.1 Å². The van der Waals surface area contributed by atoms with E-state index in [1.54, 1.807) is 30.3 Å². The van der Waals surface area contributed by atoms with Crippen molar-refractivity contribution in [1.82, 2.24) is 5.32 Å². The Morgan fingerprint density at radius 1 is 0.871 bits per heavy atom. The molecule has 0 aliphatic rings. The number of anilines is 1. The molecule has 0 heterocycles. The fourth-order valence-corrected chi connectivity index (χ4v) is 4.91. The second-order valence-electron chi connectivity index (χ2n) is 7.87. The second-order valence-corrected chi connectivity index (χ2v) is 9.73. The lowest BCUT2D eigenvalue weighted by atomic mass is 10.1. The maximum atomic E-state index is 13.4. The van der Waals surface area contributed by atoms with Gasteiger partial charge in [0.25, 0.3) is 10.0 Å². The molecule has 3 aromatic carbocycles. The Kier molecular flexibility index (Phi) is 6.81. The number of hydrogen-bond acceptors (Lipinski definition) is 3. The summed E-state index contributed by atoms with van der Waals surface area (Å²) >= 11 is 0. The third kappa shape index (κ3) is 5.52. The number of sulfonamides is 1. The highest BCUT2D eigenvalue weighted by atomic mass is 32.2. The zero-order chi connectivity index (χ0) is 22.6. The Hall–Kier alpha value is -3.12. The van der Waals surface area contributed by atoms with Crippen LogP contribution >= 0.6 is 0 Å². The Labute approximate surface area is 184 Å². The summed E-state index contributed by atoms with van der Waals surface area (Å²) in [6.07, 6.45) is 0. The summed E-state index contributed by atoms with van der Waals surface area (Å²) in [6.45, 7) is 7.39. The van der Waals surface area contributed by atoms with Crippen molar-refractivity contribution in [1.29, 1.82) is 0 Å². The van der Waals surface area contributed by atoms with Gasteiger partial charge in [-0.2, -0.15) is 0 Å². The fourth-order valence-electron chi connectivity index (χ4n) is 3.49. The third-order valence-corrected chi connectivity index (χ3v) is 6.86. The van der Waals surface area contributed by atoms with Gasteiger partial charge in [0.1, 0.15) is 6.54 Å². The summed E-state index contributed by atoms with van der Waals surface area (Å²) < 4.78 is 28.0. The van der Waals surface area contributed by atoms with E-state index in [0.717, 1.165) is 22.3 Å². The average molecular weight is 437 g/mol. The number of benzene rings is 3. The zero-order valence-corrected chi connectivity index (χ0v) is 19.1. The average Bonchev–Trinajstić information content (AvgIpc) is 2.72. The third-order valence-electron chi connectivity index (χ3n) is 5.07. The van der Waals surface area contributed by atoms with Crippen molar-refractivity contribution in [2.24, 2.45) is 0 Å². The lowest BCUT2D eigenvalue weighted by Gasteiger charge is -2.26. The van der Waals surface area contributed by atoms with Gasteiger partial charge in [0.05, 0.1) is 16.6 Å². The smallest absolute Gasteiger partial charge is 0.264 e. The van der Waals surface area contributed by atoms with Crippen molar-refractivity contribution >= 4 is 21.6 Å². The van der Waals surface area contributed by atoms with E-state index in [2.05, 4.69) is 5.32 Å². The minimum atomic E-state index is -3.92. The molecule has 3 aromatic rings. The van der Waals surface area contributed by atoms with Crippen LogP contribution in [0.5, 0.6) is 0 Å². The van der Waals surface area contributed by atoms with Crippen LogP contribution in [-0.4, -0.2) is 20.9 Å². The van der Waals surface area contributed by atoms with Gasteiger partial charge in [-0.15, -0.1) is 0 Å². The monoisotopic (exact) mass is 436 g/mol. The second kappa shape index (κ2) is 9.35. The van der Waals surface area contributed by atoms with Gasteiger partial charge in [0.2, 0.25) is 5.91 Å². The molecule has 0 aliphatic carbocycles. The molecule has 31 heavy (non-hydrogen) atoms. The van der Waals surface area contributed by atoms with E-state index < -0.39 is 10.0 Å². The summed E-state index contributed by atoms with van der Waals surface area (Å²) in [4.78, 5) is 13.1. The number of hydrogen-bond donors (Lipinski definition) is 1. The maximum absolute atomic E-state index is 13.4. The molecule has 0 bridgehead atoms. The number of aryl methyl sites for hydroxylation is 3. The molecule has 162 valence electrons. The zero-order valence-electron chi connectivity index (χ0n) is 18.3. The van der Waals surface area contributed by atoms with Crippen molar-refractivity contribution in [3.63, 3.8) is 0 Å². The molecular weight excluding hydrogens is 408 g/mol. The molecule has 0 spiro atoms. The van der Waals surface area contributed by atoms with Gasteiger partial charge in [-0.05, 0) is 68.7 Å². The van der Waals surface area contributed by atoms with E-state index >= 15 is 0 Å².